The number of carbonyl (C=O) groups is 1. The number of carbonyl (C=O) groups excluding carboxylic acids is 1. The Balaban J connectivity index is 1.54. The van der Waals surface area contributed by atoms with Crippen LogP contribution in [0.5, 0.6) is 5.75 Å². The molecule has 1 heterocycles. The highest BCUT2D eigenvalue weighted by Crippen LogP contribution is 2.29. The van der Waals surface area contributed by atoms with E-state index in [1.54, 1.807) is 36.5 Å². The number of hydrogen-bond acceptors (Lipinski definition) is 3. The summed E-state index contributed by atoms with van der Waals surface area (Å²) in [6.45, 7) is 2.40. The number of pyridine rings is 1. The van der Waals surface area contributed by atoms with Gasteiger partial charge < -0.3 is 10.1 Å². The molecule has 2 aromatic carbocycles. The van der Waals surface area contributed by atoms with E-state index >= 15 is 0 Å². The molecule has 0 aliphatic rings. The van der Waals surface area contributed by atoms with Crippen LogP contribution >= 0.6 is 0 Å². The number of rotatable bonds is 7. The van der Waals surface area contributed by atoms with Gasteiger partial charge in [0.05, 0.1) is 12.7 Å². The van der Waals surface area contributed by atoms with E-state index in [-0.39, 0.29) is 17.5 Å². The molecule has 3 rings (SSSR count). The molecule has 144 valence electrons. The second-order valence-electron chi connectivity index (χ2n) is 6.51. The van der Waals surface area contributed by atoms with Gasteiger partial charge in [-0.15, -0.1) is 0 Å². The third-order valence-electron chi connectivity index (χ3n) is 4.63. The summed E-state index contributed by atoms with van der Waals surface area (Å²) in [5.41, 5.74) is 3.79. The zero-order valence-electron chi connectivity index (χ0n) is 16.0. The van der Waals surface area contributed by atoms with E-state index in [1.165, 1.54) is 7.11 Å². The van der Waals surface area contributed by atoms with Crippen LogP contribution in [-0.2, 0) is 6.42 Å². The highest BCUT2D eigenvalue weighted by Gasteiger charge is 2.10. The number of hydrogen-bond donors (Lipinski definition) is 1. The highest BCUT2D eigenvalue weighted by molar-refractivity contribution is 5.95. The van der Waals surface area contributed by atoms with Crippen LogP contribution in [0.15, 0.2) is 60.8 Å². The number of aromatic nitrogens is 1. The zero-order valence-corrected chi connectivity index (χ0v) is 16.0. The first kappa shape index (κ1) is 19.5. The predicted molar refractivity (Wildman–Crippen MR) is 108 cm³/mol. The smallest absolute Gasteiger partial charge is 0.253 e. The van der Waals surface area contributed by atoms with Crippen molar-refractivity contribution in [1.29, 1.82) is 0 Å². The minimum absolute atomic E-state index is 0.102. The maximum atomic E-state index is 14.4. The quantitative estimate of drug-likeness (QED) is 0.613. The minimum Gasteiger partial charge on any atom is -0.494 e. The van der Waals surface area contributed by atoms with E-state index in [4.69, 9.17) is 4.74 Å². The minimum atomic E-state index is -0.355. The molecule has 1 amide bonds. The number of aryl methyl sites for hydroxylation is 2. The van der Waals surface area contributed by atoms with Gasteiger partial charge in [0.25, 0.3) is 5.91 Å². The summed E-state index contributed by atoms with van der Waals surface area (Å²) >= 11 is 0. The summed E-state index contributed by atoms with van der Waals surface area (Å²) in [6, 6.07) is 16.4. The zero-order chi connectivity index (χ0) is 19.9. The fourth-order valence-electron chi connectivity index (χ4n) is 3.06. The molecule has 0 unspecified atom stereocenters. The van der Waals surface area contributed by atoms with E-state index in [0.29, 0.717) is 17.7 Å². The summed E-state index contributed by atoms with van der Waals surface area (Å²) in [5.74, 6) is -0.221. The number of amides is 1. The van der Waals surface area contributed by atoms with Gasteiger partial charge in [-0.05, 0) is 49.1 Å². The lowest BCUT2D eigenvalue weighted by Gasteiger charge is -2.09. The molecule has 28 heavy (non-hydrogen) atoms. The first-order chi connectivity index (χ1) is 13.6. The van der Waals surface area contributed by atoms with Gasteiger partial charge in [0.2, 0.25) is 0 Å². The van der Waals surface area contributed by atoms with Crippen molar-refractivity contribution >= 4 is 5.91 Å². The molecule has 0 atom stereocenters. The van der Waals surface area contributed by atoms with Crippen molar-refractivity contribution in [3.63, 3.8) is 0 Å². The third-order valence-corrected chi connectivity index (χ3v) is 4.63. The topological polar surface area (TPSA) is 51.2 Å². The maximum Gasteiger partial charge on any atom is 0.253 e. The van der Waals surface area contributed by atoms with Crippen LogP contribution in [-0.4, -0.2) is 24.5 Å². The molecule has 3 aromatic rings. The summed E-state index contributed by atoms with van der Waals surface area (Å²) in [6.07, 6.45) is 3.32. The van der Waals surface area contributed by atoms with Crippen molar-refractivity contribution in [1.82, 2.24) is 10.3 Å². The van der Waals surface area contributed by atoms with E-state index in [9.17, 15) is 9.18 Å². The number of halogens is 1. The van der Waals surface area contributed by atoms with Crippen molar-refractivity contribution in [3.8, 4) is 16.9 Å². The van der Waals surface area contributed by atoms with Crippen LogP contribution in [0.2, 0.25) is 0 Å². The fraction of sp³-hybridized carbons (Fsp3) is 0.217. The Morgan fingerprint density at radius 2 is 1.89 bits per heavy atom. The molecule has 0 radical (unpaired) electrons. The normalized spacial score (nSPS) is 10.5. The van der Waals surface area contributed by atoms with Gasteiger partial charge in [-0.1, -0.05) is 36.4 Å². The highest BCUT2D eigenvalue weighted by atomic mass is 19.1. The van der Waals surface area contributed by atoms with Gasteiger partial charge in [-0.3, -0.25) is 9.78 Å². The maximum absolute atomic E-state index is 14.4. The Morgan fingerprint density at radius 1 is 1.11 bits per heavy atom. The molecule has 5 heteroatoms. The Bertz CT molecular complexity index is 955. The van der Waals surface area contributed by atoms with Gasteiger partial charge in [-0.2, -0.15) is 0 Å². The van der Waals surface area contributed by atoms with Gasteiger partial charge in [0, 0.05) is 24.0 Å². The molecule has 1 aromatic heterocycles. The Kier molecular flexibility index (Phi) is 6.37. The first-order valence-corrected chi connectivity index (χ1v) is 9.22. The summed E-state index contributed by atoms with van der Waals surface area (Å²) in [7, 11) is 1.46. The average molecular weight is 378 g/mol. The Morgan fingerprint density at radius 3 is 2.61 bits per heavy atom. The fourth-order valence-corrected chi connectivity index (χ4v) is 3.06. The molecule has 0 aliphatic carbocycles. The summed E-state index contributed by atoms with van der Waals surface area (Å²) in [4.78, 5) is 16.3. The van der Waals surface area contributed by atoms with Crippen LogP contribution in [0.4, 0.5) is 4.39 Å². The van der Waals surface area contributed by atoms with Crippen LogP contribution in [0, 0.1) is 12.7 Å². The van der Waals surface area contributed by atoms with Crippen LogP contribution < -0.4 is 10.1 Å². The van der Waals surface area contributed by atoms with Crippen molar-refractivity contribution < 1.29 is 13.9 Å². The largest absolute Gasteiger partial charge is 0.494 e. The van der Waals surface area contributed by atoms with E-state index in [1.807, 2.05) is 31.2 Å². The number of ether oxygens (including phenoxy) is 1. The lowest BCUT2D eigenvalue weighted by atomic mass is 10.0. The number of benzene rings is 2. The molecule has 1 N–H and O–H groups in total. The number of nitrogens with zero attached hydrogens (tertiary/aromatic N) is 1. The number of methoxy groups -OCH3 is 1. The molecule has 0 aliphatic heterocycles. The average Bonchev–Trinajstić information content (AvgIpc) is 2.72. The molecule has 0 bridgehead atoms. The monoisotopic (exact) mass is 378 g/mol. The van der Waals surface area contributed by atoms with Gasteiger partial charge in [-0.25, -0.2) is 4.39 Å². The second-order valence-corrected chi connectivity index (χ2v) is 6.51. The SMILES string of the molecule is COc1cccc(-c2ccc(CCCNC(=O)c3cccnc3C)cc2)c1F. The van der Waals surface area contributed by atoms with Crippen LogP contribution in [0.1, 0.15) is 28.0 Å². The van der Waals surface area contributed by atoms with E-state index in [0.717, 1.165) is 29.7 Å². The second kappa shape index (κ2) is 9.13. The Labute approximate surface area is 164 Å². The van der Waals surface area contributed by atoms with E-state index < -0.39 is 0 Å². The third kappa shape index (κ3) is 4.55. The molecule has 0 saturated heterocycles. The molecule has 4 nitrogen and oxygen atoms in total. The molecule has 0 fully saturated rings. The molecular weight excluding hydrogens is 355 g/mol. The van der Waals surface area contributed by atoms with Gasteiger partial charge in [0.15, 0.2) is 11.6 Å². The number of nitrogens with one attached hydrogen (secondary N) is 1. The lowest BCUT2D eigenvalue weighted by Crippen LogP contribution is -2.25. The van der Waals surface area contributed by atoms with Crippen LogP contribution in [0.3, 0.4) is 0 Å². The van der Waals surface area contributed by atoms with Crippen molar-refractivity contribution in [2.24, 2.45) is 0 Å². The standard InChI is InChI=1S/C23H23FN2O2/c1-16-19(8-5-14-25-16)23(27)26-15-4-6-17-10-12-18(13-11-17)20-7-3-9-21(28-2)22(20)24/h3,5,7-14H,4,6,15H2,1-2H3,(H,26,27). The lowest BCUT2D eigenvalue weighted by molar-refractivity contribution is 0.0952. The van der Waals surface area contributed by atoms with Crippen molar-refractivity contribution in [3.05, 3.63) is 83.4 Å². The predicted octanol–water partition coefficient (Wildman–Crippen LogP) is 4.57. The summed E-state index contributed by atoms with van der Waals surface area (Å²) in [5, 5.41) is 2.92. The Hall–Kier alpha value is -3.21. The molecule has 0 spiro atoms. The molecule has 0 saturated carbocycles. The summed E-state index contributed by atoms with van der Waals surface area (Å²) < 4.78 is 19.4. The first-order valence-electron chi connectivity index (χ1n) is 9.22. The van der Waals surface area contributed by atoms with Gasteiger partial charge in [0.1, 0.15) is 0 Å². The molecular formula is C23H23FN2O2. The van der Waals surface area contributed by atoms with Crippen molar-refractivity contribution in [2.45, 2.75) is 19.8 Å². The van der Waals surface area contributed by atoms with E-state index in [2.05, 4.69) is 10.3 Å². The van der Waals surface area contributed by atoms with Crippen molar-refractivity contribution in [2.75, 3.05) is 13.7 Å². The van der Waals surface area contributed by atoms with Gasteiger partial charge >= 0.3 is 0 Å². The van der Waals surface area contributed by atoms with Crippen LogP contribution in [0.25, 0.3) is 11.1 Å².